The zero-order chi connectivity index (χ0) is 23.8. The van der Waals surface area contributed by atoms with Gasteiger partial charge in [0, 0.05) is 10.6 Å². The molecule has 3 aromatic rings. The Kier molecular flexibility index (Phi) is 8.20. The van der Waals surface area contributed by atoms with E-state index in [1.807, 2.05) is 6.92 Å². The van der Waals surface area contributed by atoms with Gasteiger partial charge in [-0.3, -0.25) is 20.4 Å². The number of aromatic nitrogens is 4. The Morgan fingerprint density at radius 1 is 1.00 bits per heavy atom. The predicted molar refractivity (Wildman–Crippen MR) is 122 cm³/mol. The van der Waals surface area contributed by atoms with Gasteiger partial charge in [0.1, 0.15) is 11.5 Å². The molecule has 3 rings (SSSR count). The third-order valence-electron chi connectivity index (χ3n) is 4.62. The second kappa shape index (κ2) is 11.3. The highest BCUT2D eigenvalue weighted by atomic mass is 35.5. The van der Waals surface area contributed by atoms with Crippen LogP contribution >= 0.6 is 11.6 Å². The summed E-state index contributed by atoms with van der Waals surface area (Å²) in [5.74, 6) is 0.570. The molecule has 2 aromatic carbocycles. The number of amides is 2. The van der Waals surface area contributed by atoms with Gasteiger partial charge in [0.15, 0.2) is 12.1 Å². The van der Waals surface area contributed by atoms with Crippen LogP contribution in [0.4, 0.5) is 0 Å². The Balaban J connectivity index is 1.55. The molecule has 33 heavy (non-hydrogen) atoms. The Morgan fingerprint density at radius 2 is 1.64 bits per heavy atom. The molecule has 2 N–H and O–H groups in total. The first-order valence-electron chi connectivity index (χ1n) is 10.5. The van der Waals surface area contributed by atoms with E-state index in [9.17, 15) is 9.59 Å². The van der Waals surface area contributed by atoms with E-state index < -0.39 is 24.0 Å². The van der Waals surface area contributed by atoms with Crippen molar-refractivity contribution in [3.05, 3.63) is 53.6 Å². The fourth-order valence-electron chi connectivity index (χ4n) is 2.87. The van der Waals surface area contributed by atoms with Crippen molar-refractivity contribution in [2.75, 3.05) is 6.61 Å². The number of rotatable bonds is 9. The maximum atomic E-state index is 12.6. The van der Waals surface area contributed by atoms with Crippen LogP contribution in [0.3, 0.4) is 0 Å². The lowest BCUT2D eigenvalue weighted by atomic mass is 10.2. The van der Waals surface area contributed by atoms with Gasteiger partial charge in [0.05, 0.1) is 6.61 Å². The highest BCUT2D eigenvalue weighted by Crippen LogP contribution is 2.19. The van der Waals surface area contributed by atoms with E-state index in [4.69, 9.17) is 21.1 Å². The van der Waals surface area contributed by atoms with Crippen molar-refractivity contribution in [1.29, 1.82) is 0 Å². The Bertz CT molecular complexity index is 1070. The van der Waals surface area contributed by atoms with Gasteiger partial charge in [-0.1, -0.05) is 18.5 Å². The van der Waals surface area contributed by atoms with Crippen LogP contribution in [0.5, 0.6) is 11.5 Å². The van der Waals surface area contributed by atoms with Crippen molar-refractivity contribution < 1.29 is 19.1 Å². The first-order valence-corrected chi connectivity index (χ1v) is 10.8. The number of hydrogen-bond acceptors (Lipinski definition) is 7. The summed E-state index contributed by atoms with van der Waals surface area (Å²) in [4.78, 5) is 26.2. The molecule has 2 amide bonds. The van der Waals surface area contributed by atoms with Crippen LogP contribution < -0.4 is 20.3 Å². The average molecular weight is 473 g/mol. The third-order valence-corrected chi connectivity index (χ3v) is 4.88. The van der Waals surface area contributed by atoms with Gasteiger partial charge < -0.3 is 9.47 Å². The first-order chi connectivity index (χ1) is 15.9. The summed E-state index contributed by atoms with van der Waals surface area (Å²) in [6, 6.07) is 13.1. The lowest BCUT2D eigenvalue weighted by Crippen LogP contribution is -2.49. The van der Waals surface area contributed by atoms with Gasteiger partial charge in [-0.2, -0.15) is 4.80 Å². The Morgan fingerprint density at radius 3 is 2.27 bits per heavy atom. The fraction of sp³-hybridized carbons (Fsp3) is 0.318. The fourth-order valence-corrected chi connectivity index (χ4v) is 3.00. The highest BCUT2D eigenvalue weighted by Gasteiger charge is 2.23. The van der Waals surface area contributed by atoms with Crippen LogP contribution in [-0.2, 0) is 9.59 Å². The maximum absolute atomic E-state index is 12.6. The van der Waals surface area contributed by atoms with Crippen molar-refractivity contribution in [3.63, 3.8) is 0 Å². The molecule has 1 heterocycles. The van der Waals surface area contributed by atoms with Crippen molar-refractivity contribution in [3.8, 4) is 22.9 Å². The smallest absolute Gasteiger partial charge is 0.279 e. The van der Waals surface area contributed by atoms with Gasteiger partial charge in [-0.15, -0.1) is 10.2 Å². The molecule has 0 aliphatic rings. The summed E-state index contributed by atoms with van der Waals surface area (Å²) in [6.07, 6.45) is -0.458. The zero-order valence-electron chi connectivity index (χ0n) is 18.5. The summed E-state index contributed by atoms with van der Waals surface area (Å²) in [5.41, 5.74) is 5.48. The summed E-state index contributed by atoms with van der Waals surface area (Å²) in [7, 11) is 0. The summed E-state index contributed by atoms with van der Waals surface area (Å²) >= 11 is 5.90. The quantitative estimate of drug-likeness (QED) is 0.459. The predicted octanol–water partition coefficient (Wildman–Crippen LogP) is 2.96. The third kappa shape index (κ3) is 6.42. The zero-order valence-corrected chi connectivity index (χ0v) is 19.2. The summed E-state index contributed by atoms with van der Waals surface area (Å²) < 4.78 is 11.0. The van der Waals surface area contributed by atoms with Crippen LogP contribution in [0, 0.1) is 0 Å². The molecule has 0 radical (unpaired) electrons. The molecule has 174 valence electrons. The SMILES string of the molecule is CCOc1ccc(OC(C)C(=O)NNC(=O)C(CC)n2nnc(-c3ccc(Cl)cc3)n2)cc1. The first kappa shape index (κ1) is 24.0. The number of carbonyl (C=O) groups excluding carboxylic acids is 2. The topological polar surface area (TPSA) is 120 Å². The molecule has 0 saturated heterocycles. The lowest BCUT2D eigenvalue weighted by molar-refractivity contribution is -0.134. The van der Waals surface area contributed by atoms with Crippen LogP contribution in [0.1, 0.15) is 33.2 Å². The molecule has 11 heteroatoms. The average Bonchev–Trinajstić information content (AvgIpc) is 3.29. The van der Waals surface area contributed by atoms with E-state index >= 15 is 0 Å². The van der Waals surface area contributed by atoms with Crippen molar-refractivity contribution in [2.24, 2.45) is 0 Å². The number of carbonyl (C=O) groups is 2. The van der Waals surface area contributed by atoms with E-state index in [-0.39, 0.29) is 0 Å². The second-order valence-electron chi connectivity index (χ2n) is 7.01. The molecule has 0 spiro atoms. The lowest BCUT2D eigenvalue weighted by Gasteiger charge is -2.17. The molecular weight excluding hydrogens is 448 g/mol. The Hall–Kier alpha value is -3.66. The van der Waals surface area contributed by atoms with Gasteiger partial charge in [-0.25, -0.2) is 0 Å². The normalized spacial score (nSPS) is 12.5. The molecule has 0 fully saturated rings. The van der Waals surface area contributed by atoms with Crippen LogP contribution in [0.2, 0.25) is 5.02 Å². The molecule has 0 aliphatic heterocycles. The molecule has 2 atom stereocenters. The number of tetrazole rings is 1. The number of hydrazine groups is 1. The molecule has 10 nitrogen and oxygen atoms in total. The molecule has 1 aromatic heterocycles. The van der Waals surface area contributed by atoms with E-state index in [0.717, 1.165) is 5.56 Å². The number of halogens is 1. The highest BCUT2D eigenvalue weighted by molar-refractivity contribution is 6.30. The monoisotopic (exact) mass is 472 g/mol. The number of benzene rings is 2. The van der Waals surface area contributed by atoms with E-state index in [0.29, 0.717) is 35.4 Å². The minimum atomic E-state index is -0.843. The molecular formula is C22H25ClN6O4. The van der Waals surface area contributed by atoms with Crippen molar-refractivity contribution in [2.45, 2.75) is 39.3 Å². The van der Waals surface area contributed by atoms with Crippen LogP contribution in [0.25, 0.3) is 11.4 Å². The van der Waals surface area contributed by atoms with E-state index in [1.165, 1.54) is 4.80 Å². The molecule has 2 unspecified atom stereocenters. The van der Waals surface area contributed by atoms with Crippen molar-refractivity contribution in [1.82, 2.24) is 31.1 Å². The number of ether oxygens (including phenoxy) is 2. The van der Waals surface area contributed by atoms with Crippen LogP contribution in [-0.4, -0.2) is 44.7 Å². The number of hydrogen-bond donors (Lipinski definition) is 2. The summed E-state index contributed by atoms with van der Waals surface area (Å²) in [6.45, 7) is 5.83. The minimum Gasteiger partial charge on any atom is -0.494 e. The molecule has 0 bridgehead atoms. The number of nitrogens with zero attached hydrogens (tertiary/aromatic N) is 4. The molecule has 0 saturated carbocycles. The van der Waals surface area contributed by atoms with E-state index in [1.54, 1.807) is 62.4 Å². The van der Waals surface area contributed by atoms with Gasteiger partial charge in [0.2, 0.25) is 5.82 Å². The number of nitrogens with one attached hydrogen (secondary N) is 2. The van der Waals surface area contributed by atoms with Crippen LogP contribution in [0.15, 0.2) is 48.5 Å². The standard InChI is InChI=1S/C22H25ClN6O4/c1-4-19(29-27-20(24-28-29)15-6-8-16(23)9-7-15)22(31)26-25-21(30)14(3)33-18-12-10-17(11-13-18)32-5-2/h6-14,19H,4-5H2,1-3H3,(H,25,30)(H,26,31). The second-order valence-corrected chi connectivity index (χ2v) is 7.44. The Labute approximate surface area is 196 Å². The van der Waals surface area contributed by atoms with Gasteiger partial charge >= 0.3 is 0 Å². The van der Waals surface area contributed by atoms with Gasteiger partial charge in [-0.05, 0) is 74.0 Å². The van der Waals surface area contributed by atoms with E-state index in [2.05, 4.69) is 26.3 Å². The van der Waals surface area contributed by atoms with Gasteiger partial charge in [0.25, 0.3) is 11.8 Å². The minimum absolute atomic E-state index is 0.360. The largest absolute Gasteiger partial charge is 0.494 e. The molecule has 0 aliphatic carbocycles. The van der Waals surface area contributed by atoms with Crippen molar-refractivity contribution >= 4 is 23.4 Å². The maximum Gasteiger partial charge on any atom is 0.279 e. The summed E-state index contributed by atoms with van der Waals surface area (Å²) in [5, 5.41) is 12.9.